The molecule has 1 N–H and O–H groups in total. The average Bonchev–Trinajstić information content (AvgIpc) is 3.10. The molecule has 1 saturated heterocycles. The molecule has 118 valence electrons. The molecule has 1 heterocycles. The summed E-state index contributed by atoms with van der Waals surface area (Å²) >= 11 is 0. The van der Waals surface area contributed by atoms with Crippen LogP contribution < -0.4 is 5.32 Å². The van der Waals surface area contributed by atoms with Crippen molar-refractivity contribution in [3.05, 3.63) is 0 Å². The lowest BCUT2D eigenvalue weighted by molar-refractivity contribution is -0.134. The highest BCUT2D eigenvalue weighted by molar-refractivity contribution is 5.79. The Hall–Kier alpha value is -1.06. The van der Waals surface area contributed by atoms with Crippen LogP contribution in [-0.2, 0) is 9.59 Å². The molecule has 2 amide bonds. The number of hydrogen-bond donors (Lipinski definition) is 1. The Morgan fingerprint density at radius 1 is 1.10 bits per heavy atom. The number of likely N-dealkylation sites (tertiary alicyclic amines) is 1. The second-order valence-electron chi connectivity index (χ2n) is 7.42. The van der Waals surface area contributed by atoms with Crippen molar-refractivity contribution in [2.24, 2.45) is 23.7 Å². The van der Waals surface area contributed by atoms with Crippen molar-refractivity contribution in [3.63, 3.8) is 0 Å². The normalized spacial score (nSPS) is 34.0. The van der Waals surface area contributed by atoms with E-state index < -0.39 is 0 Å². The summed E-state index contributed by atoms with van der Waals surface area (Å²) in [6.07, 6.45) is 7.11. The molecule has 0 aromatic rings. The maximum absolute atomic E-state index is 12.4. The first-order valence-corrected chi connectivity index (χ1v) is 8.60. The number of nitrogens with one attached hydrogen (secondary N) is 1. The Morgan fingerprint density at radius 3 is 2.33 bits per heavy atom. The molecule has 0 spiro atoms. The molecule has 2 saturated carbocycles. The summed E-state index contributed by atoms with van der Waals surface area (Å²) in [7, 11) is 0. The first-order valence-electron chi connectivity index (χ1n) is 8.60. The number of amides is 2. The van der Waals surface area contributed by atoms with Crippen molar-refractivity contribution in [1.29, 1.82) is 0 Å². The highest BCUT2D eigenvalue weighted by atomic mass is 16.2. The van der Waals surface area contributed by atoms with E-state index >= 15 is 0 Å². The number of piperidine rings is 1. The summed E-state index contributed by atoms with van der Waals surface area (Å²) in [5, 5.41) is 3.28. The zero-order valence-corrected chi connectivity index (χ0v) is 13.3. The van der Waals surface area contributed by atoms with E-state index in [2.05, 4.69) is 12.2 Å². The molecule has 3 fully saturated rings. The van der Waals surface area contributed by atoms with Crippen LogP contribution in [0.4, 0.5) is 0 Å². The largest absolute Gasteiger partial charge is 0.353 e. The van der Waals surface area contributed by atoms with Gasteiger partial charge < -0.3 is 10.2 Å². The molecule has 2 bridgehead atoms. The van der Waals surface area contributed by atoms with Crippen LogP contribution >= 0.6 is 0 Å². The Balaban J connectivity index is 1.47. The maximum atomic E-state index is 12.4. The molecule has 4 nitrogen and oxygen atoms in total. The first-order chi connectivity index (χ1) is 10.0. The van der Waals surface area contributed by atoms with Gasteiger partial charge in [-0.2, -0.15) is 0 Å². The van der Waals surface area contributed by atoms with Gasteiger partial charge in [-0.3, -0.25) is 9.59 Å². The highest BCUT2D eigenvalue weighted by Gasteiger charge is 2.42. The third-order valence-corrected chi connectivity index (χ3v) is 6.12. The van der Waals surface area contributed by atoms with Crippen LogP contribution in [0.5, 0.6) is 0 Å². The van der Waals surface area contributed by atoms with Crippen LogP contribution in [0.3, 0.4) is 0 Å². The van der Waals surface area contributed by atoms with Crippen LogP contribution in [0.1, 0.15) is 52.4 Å². The summed E-state index contributed by atoms with van der Waals surface area (Å²) in [6.45, 7) is 5.26. The Bertz CT molecular complexity index is 415. The van der Waals surface area contributed by atoms with E-state index in [-0.39, 0.29) is 17.7 Å². The lowest BCUT2D eigenvalue weighted by Crippen LogP contribution is -2.46. The van der Waals surface area contributed by atoms with Crippen LogP contribution in [0, 0.1) is 23.7 Å². The van der Waals surface area contributed by atoms with Crippen LogP contribution in [0.2, 0.25) is 0 Å². The van der Waals surface area contributed by atoms with Gasteiger partial charge in [0.25, 0.3) is 0 Å². The van der Waals surface area contributed by atoms with E-state index in [1.807, 2.05) is 4.90 Å². The van der Waals surface area contributed by atoms with Crippen molar-refractivity contribution in [1.82, 2.24) is 10.2 Å². The van der Waals surface area contributed by atoms with Gasteiger partial charge in [-0.05, 0) is 56.8 Å². The quantitative estimate of drug-likeness (QED) is 0.867. The molecule has 1 aliphatic heterocycles. The molecule has 4 atom stereocenters. The average molecular weight is 292 g/mol. The van der Waals surface area contributed by atoms with Crippen molar-refractivity contribution in [3.8, 4) is 0 Å². The highest BCUT2D eigenvalue weighted by Crippen LogP contribution is 2.49. The summed E-state index contributed by atoms with van der Waals surface area (Å²) < 4.78 is 0. The molecule has 0 aromatic carbocycles. The molecular weight excluding hydrogens is 264 g/mol. The first kappa shape index (κ1) is 14.9. The molecule has 3 rings (SSSR count). The summed E-state index contributed by atoms with van der Waals surface area (Å²) in [4.78, 5) is 25.6. The molecule has 21 heavy (non-hydrogen) atoms. The van der Waals surface area contributed by atoms with Gasteiger partial charge in [0.1, 0.15) is 0 Å². The van der Waals surface area contributed by atoms with Crippen molar-refractivity contribution >= 4 is 11.8 Å². The lowest BCUT2D eigenvalue weighted by atomic mass is 9.83. The molecule has 4 heteroatoms. The summed E-state index contributed by atoms with van der Waals surface area (Å²) in [5.41, 5.74) is 0. The summed E-state index contributed by atoms with van der Waals surface area (Å²) in [5.74, 6) is 2.92. The Kier molecular flexibility index (Phi) is 4.23. The Morgan fingerprint density at radius 2 is 1.81 bits per heavy atom. The van der Waals surface area contributed by atoms with E-state index in [0.717, 1.165) is 37.8 Å². The fourth-order valence-electron chi connectivity index (χ4n) is 4.81. The van der Waals surface area contributed by atoms with Gasteiger partial charge in [-0.25, -0.2) is 0 Å². The molecule has 0 aromatic heterocycles. The van der Waals surface area contributed by atoms with Gasteiger partial charge in [-0.1, -0.05) is 6.42 Å². The van der Waals surface area contributed by atoms with Gasteiger partial charge in [0.15, 0.2) is 0 Å². The third kappa shape index (κ3) is 3.09. The molecule has 0 radical (unpaired) electrons. The van der Waals surface area contributed by atoms with Gasteiger partial charge in [0.2, 0.25) is 11.8 Å². The third-order valence-electron chi connectivity index (χ3n) is 6.12. The molecule has 3 aliphatic rings. The van der Waals surface area contributed by atoms with Gasteiger partial charge >= 0.3 is 0 Å². The van der Waals surface area contributed by atoms with E-state index in [9.17, 15) is 9.59 Å². The fraction of sp³-hybridized carbons (Fsp3) is 0.882. The minimum absolute atomic E-state index is 0.0987. The minimum atomic E-state index is 0.0987. The zero-order chi connectivity index (χ0) is 15.0. The predicted octanol–water partition coefficient (Wildman–Crippen LogP) is 2.19. The zero-order valence-electron chi connectivity index (χ0n) is 13.3. The second-order valence-corrected chi connectivity index (χ2v) is 7.42. The van der Waals surface area contributed by atoms with Crippen LogP contribution in [0.15, 0.2) is 0 Å². The van der Waals surface area contributed by atoms with E-state index in [4.69, 9.17) is 0 Å². The number of carbonyl (C=O) groups excluding carboxylic acids is 2. The van der Waals surface area contributed by atoms with Crippen molar-refractivity contribution in [2.75, 3.05) is 13.1 Å². The van der Waals surface area contributed by atoms with Crippen LogP contribution in [-0.4, -0.2) is 35.8 Å². The molecule has 0 unspecified atom stereocenters. The maximum Gasteiger partial charge on any atom is 0.223 e. The van der Waals surface area contributed by atoms with Gasteiger partial charge in [-0.15, -0.1) is 0 Å². The number of nitrogens with zero attached hydrogens (tertiary/aromatic N) is 1. The van der Waals surface area contributed by atoms with E-state index in [1.54, 1.807) is 6.92 Å². The number of hydrogen-bond acceptors (Lipinski definition) is 2. The van der Waals surface area contributed by atoms with Crippen molar-refractivity contribution < 1.29 is 9.59 Å². The number of fused-ring (bicyclic) bond motifs is 2. The van der Waals surface area contributed by atoms with Gasteiger partial charge in [0.05, 0.1) is 0 Å². The fourth-order valence-corrected chi connectivity index (χ4v) is 4.81. The van der Waals surface area contributed by atoms with Crippen LogP contribution in [0.25, 0.3) is 0 Å². The lowest BCUT2D eigenvalue weighted by Gasteiger charge is -2.33. The second kappa shape index (κ2) is 5.98. The number of rotatable bonds is 3. The predicted molar refractivity (Wildman–Crippen MR) is 81.5 cm³/mol. The molecular formula is C17H28N2O2. The monoisotopic (exact) mass is 292 g/mol. The molecule has 2 aliphatic carbocycles. The number of carbonyl (C=O) groups is 2. The summed E-state index contributed by atoms with van der Waals surface area (Å²) in [6, 6.07) is 0.318. The smallest absolute Gasteiger partial charge is 0.223 e. The van der Waals surface area contributed by atoms with Gasteiger partial charge in [0, 0.05) is 32.0 Å². The standard InChI is InChI=1S/C17H28N2O2/c1-11(16-10-13-3-4-15(16)9-13)18-17(21)14-5-7-19(8-6-14)12(2)20/h11,13-16H,3-10H2,1-2H3,(H,18,21)/t11-,13-,15-,16-/m1/s1. The van der Waals surface area contributed by atoms with E-state index in [0.29, 0.717) is 12.0 Å². The Labute approximate surface area is 127 Å². The topological polar surface area (TPSA) is 49.4 Å². The van der Waals surface area contributed by atoms with Crippen molar-refractivity contribution in [2.45, 2.75) is 58.4 Å². The SMILES string of the molecule is CC(=O)N1CCC(C(=O)N[C@H](C)[C@H]2C[C@@H]3CC[C@@H]2C3)CC1. The van der Waals surface area contributed by atoms with E-state index in [1.165, 1.54) is 25.7 Å². The minimum Gasteiger partial charge on any atom is -0.353 e.